The number of carbonyl (C=O) groups excluding carboxylic acids is 2. The molecule has 0 aliphatic heterocycles. The fourth-order valence-corrected chi connectivity index (χ4v) is 3.05. The van der Waals surface area contributed by atoms with Crippen molar-refractivity contribution in [3.8, 4) is 5.75 Å². The van der Waals surface area contributed by atoms with Crippen LogP contribution in [0.15, 0.2) is 66.7 Å². The molecule has 0 radical (unpaired) electrons. The van der Waals surface area contributed by atoms with Crippen molar-refractivity contribution in [3.05, 3.63) is 94.5 Å². The third kappa shape index (κ3) is 5.17. The molecule has 8 nitrogen and oxygen atoms in total. The number of ketones is 1. The molecule has 0 fully saturated rings. The number of ether oxygens (including phenoxy) is 1. The van der Waals surface area contributed by atoms with Crippen molar-refractivity contribution in [1.82, 2.24) is 0 Å². The van der Waals surface area contributed by atoms with Gasteiger partial charge in [-0.25, -0.2) is 9.59 Å². The zero-order valence-electron chi connectivity index (χ0n) is 17.0. The van der Waals surface area contributed by atoms with Crippen LogP contribution in [0.4, 0.5) is 5.69 Å². The van der Waals surface area contributed by atoms with Crippen LogP contribution >= 0.6 is 0 Å². The number of hydrogen-bond donors (Lipinski definition) is 3. The van der Waals surface area contributed by atoms with E-state index in [0.717, 1.165) is 17.7 Å². The highest BCUT2D eigenvalue weighted by atomic mass is 16.5. The highest BCUT2D eigenvalue weighted by molar-refractivity contribution is 6.11. The summed E-state index contributed by atoms with van der Waals surface area (Å²) in [6.45, 7) is 0. The maximum Gasteiger partial charge on any atom is 0.336 e. The van der Waals surface area contributed by atoms with Gasteiger partial charge in [-0.05, 0) is 54.1 Å². The van der Waals surface area contributed by atoms with Crippen LogP contribution in [0.5, 0.6) is 5.75 Å². The van der Waals surface area contributed by atoms with Gasteiger partial charge in [-0.3, -0.25) is 9.59 Å². The molecule has 0 atom stereocenters. The molecular formula is C24H19NO7. The molecular weight excluding hydrogens is 414 g/mol. The molecule has 3 N–H and O–H groups in total. The van der Waals surface area contributed by atoms with E-state index in [4.69, 9.17) is 9.84 Å². The summed E-state index contributed by atoms with van der Waals surface area (Å²) in [5, 5.41) is 21.1. The number of benzene rings is 3. The average molecular weight is 433 g/mol. The standard InChI is InChI=1S/C24H19NO7/c1-32-18-9-2-14(3-10-18)12-21(26)25-17-7-4-15(5-8-17)22(27)16-6-11-19(23(28)29)20(13-16)24(30)31/h2-11,13H,12H2,1H3,(H,25,26)(H,28,29)(H,30,31). The molecule has 0 saturated carbocycles. The lowest BCUT2D eigenvalue weighted by atomic mass is 9.98. The second-order valence-electron chi connectivity index (χ2n) is 6.85. The zero-order chi connectivity index (χ0) is 23.3. The Bertz CT molecular complexity index is 1180. The van der Waals surface area contributed by atoms with Gasteiger partial charge in [0.25, 0.3) is 0 Å². The van der Waals surface area contributed by atoms with E-state index in [1.54, 1.807) is 43.5 Å². The summed E-state index contributed by atoms with van der Waals surface area (Å²) < 4.78 is 5.08. The van der Waals surface area contributed by atoms with E-state index in [0.29, 0.717) is 11.4 Å². The number of carbonyl (C=O) groups is 4. The molecule has 162 valence electrons. The van der Waals surface area contributed by atoms with Gasteiger partial charge in [0.1, 0.15) is 5.75 Å². The first-order valence-corrected chi connectivity index (χ1v) is 9.46. The molecule has 1 amide bonds. The SMILES string of the molecule is COc1ccc(CC(=O)Nc2ccc(C(=O)c3ccc(C(=O)O)c(C(=O)O)c3)cc2)cc1. The molecule has 0 heterocycles. The van der Waals surface area contributed by atoms with Crippen LogP contribution in [-0.2, 0) is 11.2 Å². The smallest absolute Gasteiger partial charge is 0.336 e. The van der Waals surface area contributed by atoms with Crippen LogP contribution in [0.25, 0.3) is 0 Å². The Kier molecular flexibility index (Phi) is 6.65. The molecule has 0 spiro atoms. The summed E-state index contributed by atoms with van der Waals surface area (Å²) in [5.74, 6) is -2.84. The van der Waals surface area contributed by atoms with E-state index >= 15 is 0 Å². The van der Waals surface area contributed by atoms with Gasteiger partial charge in [0.15, 0.2) is 5.78 Å². The van der Waals surface area contributed by atoms with Gasteiger partial charge in [0.05, 0.1) is 24.7 Å². The lowest BCUT2D eigenvalue weighted by Crippen LogP contribution is -2.14. The number of carboxylic acid groups (broad SMARTS) is 2. The monoisotopic (exact) mass is 433 g/mol. The minimum Gasteiger partial charge on any atom is -0.497 e. The van der Waals surface area contributed by atoms with Crippen LogP contribution in [0.1, 0.15) is 42.2 Å². The molecule has 0 saturated heterocycles. The number of amides is 1. The van der Waals surface area contributed by atoms with Crippen molar-refractivity contribution < 1.29 is 34.1 Å². The summed E-state index contributed by atoms with van der Waals surface area (Å²) in [4.78, 5) is 47.4. The van der Waals surface area contributed by atoms with Crippen LogP contribution in [0.3, 0.4) is 0 Å². The zero-order valence-corrected chi connectivity index (χ0v) is 17.0. The first-order chi connectivity index (χ1) is 15.3. The predicted octanol–water partition coefficient (Wildman–Crippen LogP) is 3.50. The Morgan fingerprint density at radius 3 is 1.94 bits per heavy atom. The van der Waals surface area contributed by atoms with E-state index in [-0.39, 0.29) is 23.5 Å². The second-order valence-corrected chi connectivity index (χ2v) is 6.85. The van der Waals surface area contributed by atoms with Gasteiger partial charge >= 0.3 is 11.9 Å². The summed E-state index contributed by atoms with van der Waals surface area (Å²) in [5.41, 5.74) is 0.748. The molecule has 32 heavy (non-hydrogen) atoms. The van der Waals surface area contributed by atoms with Gasteiger partial charge in [-0.1, -0.05) is 18.2 Å². The lowest BCUT2D eigenvalue weighted by Gasteiger charge is -2.08. The van der Waals surface area contributed by atoms with Crippen LogP contribution in [0.2, 0.25) is 0 Å². The minimum absolute atomic E-state index is 0.0451. The average Bonchev–Trinajstić information content (AvgIpc) is 2.79. The van der Waals surface area contributed by atoms with Gasteiger partial charge in [0, 0.05) is 16.8 Å². The molecule has 0 aromatic heterocycles. The molecule has 0 aliphatic carbocycles. The molecule has 0 bridgehead atoms. The number of anilines is 1. The van der Waals surface area contributed by atoms with Gasteiger partial charge in [-0.15, -0.1) is 0 Å². The summed E-state index contributed by atoms with van der Waals surface area (Å²) in [7, 11) is 1.56. The molecule has 3 rings (SSSR count). The first-order valence-electron chi connectivity index (χ1n) is 9.46. The Morgan fingerprint density at radius 2 is 1.38 bits per heavy atom. The fraction of sp³-hybridized carbons (Fsp3) is 0.0833. The topological polar surface area (TPSA) is 130 Å². The molecule has 3 aromatic carbocycles. The number of methoxy groups -OCH3 is 1. The maximum absolute atomic E-state index is 12.7. The summed E-state index contributed by atoms with van der Waals surface area (Å²) in [6.07, 6.45) is 0.165. The molecule has 3 aromatic rings. The predicted molar refractivity (Wildman–Crippen MR) is 116 cm³/mol. The van der Waals surface area contributed by atoms with Crippen molar-refractivity contribution >= 4 is 29.3 Å². The van der Waals surface area contributed by atoms with Gasteiger partial charge < -0.3 is 20.3 Å². The summed E-state index contributed by atoms with van der Waals surface area (Å²) >= 11 is 0. The second kappa shape index (κ2) is 9.57. The summed E-state index contributed by atoms with van der Waals surface area (Å²) in [6, 6.07) is 16.6. The maximum atomic E-state index is 12.7. The van der Waals surface area contributed by atoms with Crippen molar-refractivity contribution in [3.63, 3.8) is 0 Å². The third-order valence-electron chi connectivity index (χ3n) is 4.70. The van der Waals surface area contributed by atoms with E-state index in [1.165, 1.54) is 18.2 Å². The number of nitrogens with one attached hydrogen (secondary N) is 1. The highest BCUT2D eigenvalue weighted by Gasteiger charge is 2.19. The lowest BCUT2D eigenvalue weighted by molar-refractivity contribution is -0.115. The van der Waals surface area contributed by atoms with Crippen molar-refractivity contribution in [2.24, 2.45) is 0 Å². The van der Waals surface area contributed by atoms with E-state index in [2.05, 4.69) is 5.32 Å². The Labute approximate surface area is 183 Å². The largest absolute Gasteiger partial charge is 0.497 e. The normalized spacial score (nSPS) is 10.3. The molecule has 0 aliphatic rings. The van der Waals surface area contributed by atoms with Crippen molar-refractivity contribution in [2.75, 3.05) is 12.4 Å². The third-order valence-corrected chi connectivity index (χ3v) is 4.70. The quantitative estimate of drug-likeness (QED) is 0.464. The van der Waals surface area contributed by atoms with E-state index < -0.39 is 28.8 Å². The number of aromatic carboxylic acids is 2. The number of carboxylic acids is 2. The van der Waals surface area contributed by atoms with Crippen LogP contribution < -0.4 is 10.1 Å². The van der Waals surface area contributed by atoms with E-state index in [9.17, 15) is 24.3 Å². The number of hydrogen-bond acceptors (Lipinski definition) is 5. The Morgan fingerprint density at radius 1 is 0.781 bits per heavy atom. The molecule has 8 heteroatoms. The Hall–Kier alpha value is -4.46. The molecule has 0 unspecified atom stereocenters. The highest BCUT2D eigenvalue weighted by Crippen LogP contribution is 2.18. The van der Waals surface area contributed by atoms with Crippen LogP contribution in [0, 0.1) is 0 Å². The van der Waals surface area contributed by atoms with Crippen LogP contribution in [-0.4, -0.2) is 41.0 Å². The Balaban J connectivity index is 1.70. The first kappa shape index (κ1) is 22.2. The fourth-order valence-electron chi connectivity index (χ4n) is 3.05. The van der Waals surface area contributed by atoms with Gasteiger partial charge in [-0.2, -0.15) is 0 Å². The number of rotatable bonds is 8. The van der Waals surface area contributed by atoms with Gasteiger partial charge in [0.2, 0.25) is 5.91 Å². The van der Waals surface area contributed by atoms with Crippen molar-refractivity contribution in [1.29, 1.82) is 0 Å². The minimum atomic E-state index is -1.44. The van der Waals surface area contributed by atoms with E-state index in [1.807, 2.05) is 0 Å². The van der Waals surface area contributed by atoms with Crippen molar-refractivity contribution in [2.45, 2.75) is 6.42 Å².